The molecule has 2 aliphatic carbocycles. The third-order valence-corrected chi connectivity index (χ3v) is 8.59. The molecule has 29 heavy (non-hydrogen) atoms. The summed E-state index contributed by atoms with van der Waals surface area (Å²) in [5.41, 5.74) is 5.38. The van der Waals surface area contributed by atoms with Crippen molar-refractivity contribution in [3.8, 4) is 0 Å². The lowest BCUT2D eigenvalue weighted by Crippen LogP contribution is -2.62. The van der Waals surface area contributed by atoms with Gasteiger partial charge < -0.3 is 19.9 Å². The minimum Gasteiger partial charge on any atom is -0.502 e. The molecule has 0 bridgehead atoms. The van der Waals surface area contributed by atoms with Gasteiger partial charge in [0.1, 0.15) is 0 Å². The first-order valence-corrected chi connectivity index (χ1v) is 11.4. The zero-order valence-corrected chi connectivity index (χ0v) is 20.0. The Balaban J connectivity index is 2.11. The molecule has 0 spiro atoms. The van der Waals surface area contributed by atoms with E-state index in [1.165, 1.54) is 0 Å². The van der Waals surface area contributed by atoms with Crippen LogP contribution in [0.4, 0.5) is 0 Å². The number of esters is 1. The van der Waals surface area contributed by atoms with E-state index in [4.69, 9.17) is 32.6 Å². The van der Waals surface area contributed by atoms with Gasteiger partial charge >= 0.3 is 5.97 Å². The van der Waals surface area contributed by atoms with E-state index in [9.17, 15) is 4.79 Å². The van der Waals surface area contributed by atoms with Gasteiger partial charge in [0.15, 0.2) is 0 Å². The first-order chi connectivity index (χ1) is 13.5. The number of ether oxygens (including phenoxy) is 3. The van der Waals surface area contributed by atoms with Crippen molar-refractivity contribution < 1.29 is 19.0 Å². The Bertz CT molecular complexity index is 608. The van der Waals surface area contributed by atoms with Gasteiger partial charge in [0.2, 0.25) is 0 Å². The molecule has 0 heterocycles. The molecule has 6 heteroatoms. The SMILES string of the molecule is C=C(CC(CCC1(C)CC(C[C@@H](C)N)(C(=O)OCC)C1S)C1(OC)C[C@@H]1C)OC. The Hall–Kier alpha value is -0.720. The number of allylic oxidation sites excluding steroid dienone is 1. The highest BCUT2D eigenvalue weighted by Crippen LogP contribution is 2.63. The Labute approximate surface area is 182 Å². The molecule has 0 amide bonds. The summed E-state index contributed by atoms with van der Waals surface area (Å²) in [6.45, 7) is 12.7. The van der Waals surface area contributed by atoms with Crippen LogP contribution >= 0.6 is 12.6 Å². The average Bonchev–Trinajstić information content (AvgIpc) is 3.34. The molecular formula is C23H41NO4S. The monoisotopic (exact) mass is 427 g/mol. The molecule has 2 rings (SSSR count). The molecule has 5 nitrogen and oxygen atoms in total. The lowest BCUT2D eigenvalue weighted by Gasteiger charge is -2.59. The van der Waals surface area contributed by atoms with Crippen molar-refractivity contribution >= 4 is 18.6 Å². The second kappa shape index (κ2) is 9.19. The first-order valence-electron chi connectivity index (χ1n) is 10.9. The topological polar surface area (TPSA) is 70.8 Å². The van der Waals surface area contributed by atoms with Crippen LogP contribution in [-0.4, -0.2) is 43.7 Å². The van der Waals surface area contributed by atoms with Crippen molar-refractivity contribution in [3.63, 3.8) is 0 Å². The second-order valence-corrected chi connectivity index (χ2v) is 10.3. The quantitative estimate of drug-likeness (QED) is 0.275. The molecule has 2 aliphatic rings. The average molecular weight is 428 g/mol. The van der Waals surface area contributed by atoms with E-state index >= 15 is 0 Å². The maximum absolute atomic E-state index is 12.8. The molecule has 0 aromatic heterocycles. The van der Waals surface area contributed by atoms with Crippen LogP contribution < -0.4 is 5.73 Å². The summed E-state index contributed by atoms with van der Waals surface area (Å²) in [5, 5.41) is -0.0681. The van der Waals surface area contributed by atoms with Crippen LogP contribution in [0.1, 0.15) is 66.2 Å². The summed E-state index contributed by atoms with van der Waals surface area (Å²) >= 11 is 4.94. The predicted molar refractivity (Wildman–Crippen MR) is 120 cm³/mol. The van der Waals surface area contributed by atoms with Gasteiger partial charge in [-0.2, -0.15) is 12.6 Å². The highest BCUT2D eigenvalue weighted by molar-refractivity contribution is 7.81. The van der Waals surface area contributed by atoms with Crippen molar-refractivity contribution in [2.24, 2.45) is 28.4 Å². The van der Waals surface area contributed by atoms with E-state index in [-0.39, 0.29) is 28.3 Å². The van der Waals surface area contributed by atoms with Gasteiger partial charge in [-0.05, 0) is 63.2 Å². The van der Waals surface area contributed by atoms with E-state index < -0.39 is 5.41 Å². The van der Waals surface area contributed by atoms with E-state index in [0.717, 1.165) is 37.9 Å². The molecule has 2 fully saturated rings. The Kier molecular flexibility index (Phi) is 7.78. The minimum atomic E-state index is -0.584. The summed E-state index contributed by atoms with van der Waals surface area (Å²) in [7, 11) is 3.49. The number of nitrogens with two attached hydrogens (primary N) is 1. The summed E-state index contributed by atoms with van der Waals surface area (Å²) in [6.07, 6.45) is 5.21. The number of carbonyl (C=O) groups excluding carboxylic acids is 1. The van der Waals surface area contributed by atoms with Crippen molar-refractivity contribution in [2.75, 3.05) is 20.8 Å². The van der Waals surface area contributed by atoms with Crippen LogP contribution in [0.3, 0.4) is 0 Å². The molecular weight excluding hydrogens is 386 g/mol. The van der Waals surface area contributed by atoms with Crippen molar-refractivity contribution in [3.05, 3.63) is 12.3 Å². The lowest BCUT2D eigenvalue weighted by molar-refractivity contribution is -0.172. The number of carbonyl (C=O) groups is 1. The summed E-state index contributed by atoms with van der Waals surface area (Å²) in [6, 6.07) is -0.0690. The number of hydrogen-bond donors (Lipinski definition) is 2. The molecule has 0 radical (unpaired) electrons. The van der Waals surface area contributed by atoms with Crippen LogP contribution in [0.15, 0.2) is 12.3 Å². The minimum absolute atomic E-state index is 0.0372. The van der Waals surface area contributed by atoms with Crippen molar-refractivity contribution in [2.45, 2.75) is 83.1 Å². The Morgan fingerprint density at radius 2 is 2.00 bits per heavy atom. The van der Waals surface area contributed by atoms with E-state index in [1.54, 1.807) is 7.11 Å². The van der Waals surface area contributed by atoms with Crippen molar-refractivity contribution in [1.82, 2.24) is 0 Å². The maximum atomic E-state index is 12.8. The van der Waals surface area contributed by atoms with Crippen LogP contribution in [0.5, 0.6) is 0 Å². The van der Waals surface area contributed by atoms with Gasteiger partial charge in [-0.15, -0.1) is 0 Å². The number of hydrogen-bond acceptors (Lipinski definition) is 6. The fraction of sp³-hybridized carbons (Fsp3) is 0.870. The fourth-order valence-electron chi connectivity index (χ4n) is 5.80. The van der Waals surface area contributed by atoms with E-state index in [2.05, 4.69) is 20.4 Å². The molecule has 0 aromatic carbocycles. The largest absolute Gasteiger partial charge is 0.502 e. The van der Waals surface area contributed by atoms with Crippen LogP contribution in [0.25, 0.3) is 0 Å². The molecule has 0 aromatic rings. The Morgan fingerprint density at radius 3 is 2.41 bits per heavy atom. The highest BCUT2D eigenvalue weighted by Gasteiger charge is 2.64. The summed E-state index contributed by atoms with van der Waals surface area (Å²) < 4.78 is 16.8. The molecule has 0 aliphatic heterocycles. The van der Waals surface area contributed by atoms with Crippen LogP contribution in [0.2, 0.25) is 0 Å². The van der Waals surface area contributed by atoms with Gasteiger partial charge in [-0.25, -0.2) is 0 Å². The molecule has 168 valence electrons. The summed E-state index contributed by atoms with van der Waals surface area (Å²) in [5.74, 6) is 1.53. The maximum Gasteiger partial charge on any atom is 0.313 e. The molecule has 0 saturated heterocycles. The van der Waals surface area contributed by atoms with E-state index in [1.807, 2.05) is 21.0 Å². The fourth-order valence-corrected chi connectivity index (χ4v) is 6.32. The summed E-state index contributed by atoms with van der Waals surface area (Å²) in [4.78, 5) is 12.8. The van der Waals surface area contributed by atoms with Gasteiger partial charge in [0.05, 0.1) is 30.5 Å². The number of rotatable bonds is 12. The first kappa shape index (κ1) is 24.5. The van der Waals surface area contributed by atoms with Gasteiger partial charge in [0, 0.05) is 24.8 Å². The molecule has 2 N–H and O–H groups in total. The lowest BCUT2D eigenvalue weighted by atomic mass is 9.49. The van der Waals surface area contributed by atoms with Crippen LogP contribution in [-0.2, 0) is 19.0 Å². The second-order valence-electron chi connectivity index (χ2n) is 9.74. The van der Waals surface area contributed by atoms with Gasteiger partial charge in [-0.1, -0.05) is 20.4 Å². The Morgan fingerprint density at radius 1 is 1.38 bits per heavy atom. The van der Waals surface area contributed by atoms with Gasteiger partial charge in [0.25, 0.3) is 0 Å². The molecule has 2 saturated carbocycles. The number of thiol groups is 1. The smallest absolute Gasteiger partial charge is 0.313 e. The third kappa shape index (κ3) is 4.64. The highest BCUT2D eigenvalue weighted by atomic mass is 32.1. The molecule has 5 unspecified atom stereocenters. The van der Waals surface area contributed by atoms with Crippen LogP contribution in [0, 0.1) is 22.7 Å². The normalized spacial score (nSPS) is 37.9. The van der Waals surface area contributed by atoms with Crippen molar-refractivity contribution in [1.29, 1.82) is 0 Å². The molecule has 7 atom stereocenters. The van der Waals surface area contributed by atoms with E-state index in [0.29, 0.717) is 24.9 Å². The predicted octanol–water partition coefficient (Wildman–Crippen LogP) is 4.35. The van der Waals surface area contributed by atoms with Gasteiger partial charge in [-0.3, -0.25) is 4.79 Å². The zero-order valence-electron chi connectivity index (χ0n) is 19.1. The zero-order chi connectivity index (χ0) is 22.0. The third-order valence-electron chi connectivity index (χ3n) is 7.47. The number of methoxy groups -OCH3 is 2. The standard InChI is InChI=1S/C23H41NO4S/c1-8-28-20(25)22(13-16(3)24)14-21(5,19(22)29)10-9-18(11-17(4)26-6)23(27-7)12-15(23)2/h15-16,18-19,29H,4,8-14,24H2,1-3,5-7H3/t15-,16+,18?,19?,21?,22?,23?/m0/s1.